The number of amides is 1. The van der Waals surface area contributed by atoms with E-state index in [1.165, 1.54) is 0 Å². The van der Waals surface area contributed by atoms with Crippen molar-refractivity contribution in [3.63, 3.8) is 0 Å². The van der Waals surface area contributed by atoms with Gasteiger partial charge in [0.2, 0.25) is 0 Å². The topological polar surface area (TPSA) is 62.2 Å². The third-order valence-corrected chi connectivity index (χ3v) is 3.03. The van der Waals surface area contributed by atoms with E-state index in [4.69, 9.17) is 5.11 Å². The van der Waals surface area contributed by atoms with Crippen LogP contribution in [0.3, 0.4) is 0 Å². The summed E-state index contributed by atoms with van der Waals surface area (Å²) in [7, 11) is 0. The number of aliphatic hydroxyl groups excluding tert-OH is 1. The fourth-order valence-electron chi connectivity index (χ4n) is 1.52. The van der Waals surface area contributed by atoms with Gasteiger partial charge < -0.3 is 10.4 Å². The average molecular weight is 236 g/mol. The van der Waals surface area contributed by atoms with Crippen molar-refractivity contribution >= 4 is 5.91 Å². The molecule has 4 heteroatoms. The number of pyridine rings is 1. The molecular formula is C13H20N2O2. The van der Waals surface area contributed by atoms with Crippen molar-refractivity contribution in [1.29, 1.82) is 0 Å². The Bertz CT molecular complexity index is 376. The molecule has 0 aliphatic rings. The summed E-state index contributed by atoms with van der Waals surface area (Å²) in [6, 6.07) is 3.57. The van der Waals surface area contributed by atoms with E-state index in [2.05, 4.69) is 10.3 Å². The van der Waals surface area contributed by atoms with Gasteiger partial charge in [0.25, 0.3) is 5.91 Å². The maximum atomic E-state index is 12.0. The minimum Gasteiger partial charge on any atom is -0.396 e. The zero-order valence-electron chi connectivity index (χ0n) is 10.7. The summed E-state index contributed by atoms with van der Waals surface area (Å²) in [5.74, 6) is -0.143. The van der Waals surface area contributed by atoms with Crippen molar-refractivity contribution in [3.8, 4) is 0 Å². The molecule has 1 heterocycles. The minimum absolute atomic E-state index is 0.0662. The predicted molar refractivity (Wildman–Crippen MR) is 66.8 cm³/mol. The van der Waals surface area contributed by atoms with Crippen LogP contribution in [-0.4, -0.2) is 28.1 Å². The van der Waals surface area contributed by atoms with Gasteiger partial charge >= 0.3 is 0 Å². The van der Waals surface area contributed by atoms with Crippen molar-refractivity contribution < 1.29 is 9.90 Å². The van der Waals surface area contributed by atoms with Crippen LogP contribution in [0.25, 0.3) is 0 Å². The highest BCUT2D eigenvalue weighted by Crippen LogP contribution is 2.14. The first-order chi connectivity index (χ1) is 8.00. The fourth-order valence-corrected chi connectivity index (χ4v) is 1.52. The summed E-state index contributed by atoms with van der Waals surface area (Å²) in [5, 5.41) is 11.9. The lowest BCUT2D eigenvalue weighted by molar-refractivity contribution is 0.0886. The molecule has 4 nitrogen and oxygen atoms in total. The van der Waals surface area contributed by atoms with Crippen LogP contribution >= 0.6 is 0 Å². The van der Waals surface area contributed by atoms with Gasteiger partial charge in [-0.3, -0.25) is 9.78 Å². The molecule has 0 aliphatic heterocycles. The van der Waals surface area contributed by atoms with E-state index in [0.29, 0.717) is 12.0 Å². The second-order valence-electron chi connectivity index (χ2n) is 4.53. The number of hydrogen-bond donors (Lipinski definition) is 2. The van der Waals surface area contributed by atoms with Gasteiger partial charge in [0, 0.05) is 24.0 Å². The van der Waals surface area contributed by atoms with Crippen LogP contribution in [0.15, 0.2) is 18.3 Å². The van der Waals surface area contributed by atoms with Gasteiger partial charge in [-0.1, -0.05) is 6.92 Å². The van der Waals surface area contributed by atoms with Crippen LogP contribution in [0.4, 0.5) is 0 Å². The molecule has 1 atom stereocenters. The lowest BCUT2D eigenvalue weighted by Crippen LogP contribution is -2.46. The van der Waals surface area contributed by atoms with Crippen LogP contribution in [0, 0.1) is 6.92 Å². The molecule has 0 spiro atoms. The number of aliphatic hydroxyl groups is 1. The molecule has 0 saturated heterocycles. The second kappa shape index (κ2) is 5.77. The first kappa shape index (κ1) is 13.6. The van der Waals surface area contributed by atoms with E-state index in [0.717, 1.165) is 12.1 Å². The number of nitrogens with zero attached hydrogens (tertiary/aromatic N) is 1. The van der Waals surface area contributed by atoms with E-state index in [1.807, 2.05) is 26.8 Å². The highest BCUT2D eigenvalue weighted by atomic mass is 16.3. The molecule has 1 aromatic rings. The molecule has 0 aromatic carbocycles. The summed E-state index contributed by atoms with van der Waals surface area (Å²) in [6.07, 6.45) is 2.90. The molecule has 0 aliphatic carbocycles. The number of aromatic nitrogens is 1. The molecule has 0 bridgehead atoms. The molecule has 94 valence electrons. The Kier molecular flexibility index (Phi) is 4.63. The van der Waals surface area contributed by atoms with Gasteiger partial charge in [0.15, 0.2) is 0 Å². The second-order valence-corrected chi connectivity index (χ2v) is 4.53. The van der Waals surface area contributed by atoms with E-state index in [9.17, 15) is 4.79 Å². The molecule has 1 unspecified atom stereocenters. The molecule has 0 radical (unpaired) electrons. The van der Waals surface area contributed by atoms with Crippen LogP contribution in [0.1, 0.15) is 42.7 Å². The first-order valence-corrected chi connectivity index (χ1v) is 5.87. The van der Waals surface area contributed by atoms with Crippen molar-refractivity contribution in [3.05, 3.63) is 29.6 Å². The SMILES string of the molecule is CCC(C)(CCO)NC(=O)c1ccc(C)nc1. The Labute approximate surface area is 102 Å². The molecule has 17 heavy (non-hydrogen) atoms. The summed E-state index contributed by atoms with van der Waals surface area (Å²) < 4.78 is 0. The summed E-state index contributed by atoms with van der Waals surface area (Å²) in [6.45, 7) is 5.87. The molecule has 1 aromatic heterocycles. The van der Waals surface area contributed by atoms with E-state index >= 15 is 0 Å². The highest BCUT2D eigenvalue weighted by molar-refractivity contribution is 5.94. The molecule has 2 N–H and O–H groups in total. The third-order valence-electron chi connectivity index (χ3n) is 3.03. The first-order valence-electron chi connectivity index (χ1n) is 5.87. The molecule has 1 rings (SSSR count). The fraction of sp³-hybridized carbons (Fsp3) is 0.538. The summed E-state index contributed by atoms with van der Waals surface area (Å²) in [5.41, 5.74) is 1.07. The van der Waals surface area contributed by atoms with Gasteiger partial charge in [-0.2, -0.15) is 0 Å². The summed E-state index contributed by atoms with van der Waals surface area (Å²) in [4.78, 5) is 16.1. The zero-order chi connectivity index (χ0) is 12.9. The molecule has 0 fully saturated rings. The monoisotopic (exact) mass is 236 g/mol. The normalized spacial score (nSPS) is 14.1. The average Bonchev–Trinajstić information content (AvgIpc) is 2.30. The maximum absolute atomic E-state index is 12.0. The van der Waals surface area contributed by atoms with Gasteiger partial charge in [-0.25, -0.2) is 0 Å². The van der Waals surface area contributed by atoms with Crippen LogP contribution in [0.5, 0.6) is 0 Å². The van der Waals surface area contributed by atoms with Gasteiger partial charge in [0.05, 0.1) is 5.56 Å². The van der Waals surface area contributed by atoms with E-state index in [-0.39, 0.29) is 18.1 Å². The largest absolute Gasteiger partial charge is 0.396 e. The van der Waals surface area contributed by atoms with Gasteiger partial charge in [-0.05, 0) is 38.8 Å². The number of rotatable bonds is 5. The number of carbonyl (C=O) groups excluding carboxylic acids is 1. The minimum atomic E-state index is -0.364. The quantitative estimate of drug-likeness (QED) is 0.817. The van der Waals surface area contributed by atoms with Gasteiger partial charge in [-0.15, -0.1) is 0 Å². The molecular weight excluding hydrogens is 216 g/mol. The van der Waals surface area contributed by atoms with Crippen LogP contribution in [-0.2, 0) is 0 Å². The lowest BCUT2D eigenvalue weighted by Gasteiger charge is -2.28. The predicted octanol–water partition coefficient (Wildman–Crippen LogP) is 1.67. The molecule has 0 saturated carbocycles. The van der Waals surface area contributed by atoms with Crippen LogP contribution < -0.4 is 5.32 Å². The lowest BCUT2D eigenvalue weighted by atomic mass is 9.94. The third kappa shape index (κ3) is 3.82. The Morgan fingerprint density at radius 1 is 1.53 bits per heavy atom. The Morgan fingerprint density at radius 2 is 2.24 bits per heavy atom. The standard InChI is InChI=1S/C13H20N2O2/c1-4-13(3,7-8-16)15-12(17)11-6-5-10(2)14-9-11/h5-6,9,16H,4,7-8H2,1-3H3,(H,15,17). The maximum Gasteiger partial charge on any atom is 0.253 e. The Balaban J connectivity index is 2.74. The van der Waals surface area contributed by atoms with Crippen molar-refractivity contribution in [2.75, 3.05) is 6.61 Å². The number of aryl methyl sites for hydroxylation is 1. The van der Waals surface area contributed by atoms with E-state index in [1.54, 1.807) is 12.3 Å². The molecule has 1 amide bonds. The number of carbonyl (C=O) groups is 1. The number of nitrogens with one attached hydrogen (secondary N) is 1. The van der Waals surface area contributed by atoms with E-state index < -0.39 is 0 Å². The zero-order valence-corrected chi connectivity index (χ0v) is 10.7. The highest BCUT2D eigenvalue weighted by Gasteiger charge is 2.24. The summed E-state index contributed by atoms with van der Waals surface area (Å²) >= 11 is 0. The Hall–Kier alpha value is -1.42. The van der Waals surface area contributed by atoms with Crippen LogP contribution in [0.2, 0.25) is 0 Å². The number of hydrogen-bond acceptors (Lipinski definition) is 3. The Morgan fingerprint density at radius 3 is 2.71 bits per heavy atom. The van der Waals surface area contributed by atoms with Crippen molar-refractivity contribution in [2.45, 2.75) is 39.2 Å². The van der Waals surface area contributed by atoms with Crippen molar-refractivity contribution in [2.24, 2.45) is 0 Å². The smallest absolute Gasteiger partial charge is 0.253 e. The van der Waals surface area contributed by atoms with Crippen molar-refractivity contribution in [1.82, 2.24) is 10.3 Å². The van der Waals surface area contributed by atoms with Gasteiger partial charge in [0.1, 0.15) is 0 Å².